The van der Waals surface area contributed by atoms with E-state index in [4.69, 9.17) is 9.26 Å². The van der Waals surface area contributed by atoms with Crippen LogP contribution in [-0.4, -0.2) is 23.3 Å². The van der Waals surface area contributed by atoms with Crippen LogP contribution in [0.1, 0.15) is 16.9 Å². The summed E-state index contributed by atoms with van der Waals surface area (Å²) in [5.41, 5.74) is 3.20. The molecular formula is C21H16N2O3S. The topological polar surface area (TPSA) is 64.7 Å². The van der Waals surface area contributed by atoms with Gasteiger partial charge in [0.1, 0.15) is 17.0 Å². The molecular weight excluding hydrogens is 360 g/mol. The standard InChI is InChI=1S/C21H16N2O3S/c1-13-18(19(23-26-13)15-6-4-3-5-7-15)20-22-17(21(24)25-20)12-14-8-10-16(27-2)11-9-14/h3-12H,1-2H3. The minimum absolute atomic E-state index is 0.213. The number of carbonyl (C=O) groups excluding carboxylic acids is 1. The van der Waals surface area contributed by atoms with Crippen molar-refractivity contribution in [1.29, 1.82) is 0 Å². The van der Waals surface area contributed by atoms with Crippen molar-refractivity contribution in [3.63, 3.8) is 0 Å². The van der Waals surface area contributed by atoms with Crippen molar-refractivity contribution in [1.82, 2.24) is 5.16 Å². The van der Waals surface area contributed by atoms with E-state index >= 15 is 0 Å². The highest BCUT2D eigenvalue weighted by molar-refractivity contribution is 7.98. The molecule has 0 N–H and O–H groups in total. The molecule has 0 spiro atoms. The Morgan fingerprint density at radius 3 is 2.48 bits per heavy atom. The van der Waals surface area contributed by atoms with E-state index in [0.717, 1.165) is 16.0 Å². The first-order valence-corrected chi connectivity index (χ1v) is 9.57. The number of carbonyl (C=O) groups is 1. The zero-order valence-electron chi connectivity index (χ0n) is 14.8. The molecule has 0 unspecified atom stereocenters. The molecule has 2 heterocycles. The van der Waals surface area contributed by atoms with Crippen LogP contribution in [-0.2, 0) is 9.53 Å². The van der Waals surface area contributed by atoms with Gasteiger partial charge in [-0.05, 0) is 37.0 Å². The molecule has 0 radical (unpaired) electrons. The molecule has 0 saturated carbocycles. The van der Waals surface area contributed by atoms with Gasteiger partial charge in [0.25, 0.3) is 0 Å². The number of benzene rings is 2. The second-order valence-electron chi connectivity index (χ2n) is 5.94. The number of ether oxygens (including phenoxy) is 1. The lowest BCUT2D eigenvalue weighted by molar-refractivity contribution is -0.129. The summed E-state index contributed by atoms with van der Waals surface area (Å²) in [6, 6.07) is 17.5. The van der Waals surface area contributed by atoms with Crippen LogP contribution in [0.2, 0.25) is 0 Å². The summed E-state index contributed by atoms with van der Waals surface area (Å²) >= 11 is 1.66. The Labute approximate surface area is 160 Å². The first-order chi connectivity index (χ1) is 13.2. The minimum Gasteiger partial charge on any atom is -0.402 e. The van der Waals surface area contributed by atoms with E-state index in [0.29, 0.717) is 17.0 Å². The van der Waals surface area contributed by atoms with E-state index in [9.17, 15) is 4.79 Å². The summed E-state index contributed by atoms with van der Waals surface area (Å²) in [5, 5.41) is 4.11. The summed E-state index contributed by atoms with van der Waals surface area (Å²) in [6.07, 6.45) is 3.73. The van der Waals surface area contributed by atoms with E-state index in [1.807, 2.05) is 60.9 Å². The van der Waals surface area contributed by atoms with E-state index in [-0.39, 0.29) is 11.6 Å². The van der Waals surface area contributed by atoms with Gasteiger partial charge in [0, 0.05) is 10.5 Å². The van der Waals surface area contributed by atoms with Crippen molar-refractivity contribution in [2.24, 2.45) is 4.99 Å². The van der Waals surface area contributed by atoms with Gasteiger partial charge >= 0.3 is 5.97 Å². The Balaban J connectivity index is 1.71. The summed E-state index contributed by atoms with van der Waals surface area (Å²) in [5.74, 6) is 0.272. The summed E-state index contributed by atoms with van der Waals surface area (Å²) in [6.45, 7) is 1.77. The van der Waals surface area contributed by atoms with Gasteiger partial charge in [-0.3, -0.25) is 0 Å². The average Bonchev–Trinajstić information content (AvgIpc) is 3.25. The lowest BCUT2D eigenvalue weighted by Crippen LogP contribution is -2.07. The lowest BCUT2D eigenvalue weighted by atomic mass is 10.1. The quantitative estimate of drug-likeness (QED) is 0.375. The number of hydrogen-bond donors (Lipinski definition) is 0. The Morgan fingerprint density at radius 2 is 1.78 bits per heavy atom. The second-order valence-corrected chi connectivity index (χ2v) is 6.82. The second kappa shape index (κ2) is 7.25. The Morgan fingerprint density at radius 1 is 1.04 bits per heavy atom. The van der Waals surface area contributed by atoms with E-state index in [2.05, 4.69) is 10.1 Å². The SMILES string of the molecule is CSc1ccc(C=C2N=C(c3c(-c4ccccc4)noc3C)OC2=O)cc1. The van der Waals surface area contributed by atoms with Crippen molar-refractivity contribution in [3.05, 3.63) is 77.2 Å². The van der Waals surface area contributed by atoms with Gasteiger partial charge in [0.05, 0.1) is 0 Å². The zero-order chi connectivity index (χ0) is 18.8. The largest absolute Gasteiger partial charge is 0.402 e. The fraction of sp³-hybridized carbons (Fsp3) is 0.0952. The average molecular weight is 376 g/mol. The van der Waals surface area contributed by atoms with Gasteiger partial charge < -0.3 is 9.26 Å². The number of hydrogen-bond acceptors (Lipinski definition) is 6. The van der Waals surface area contributed by atoms with Gasteiger partial charge in [0.15, 0.2) is 5.70 Å². The number of aliphatic imine (C=N–C) groups is 1. The predicted molar refractivity (Wildman–Crippen MR) is 106 cm³/mol. The smallest absolute Gasteiger partial charge is 0.363 e. The third-order valence-corrected chi connectivity index (χ3v) is 4.91. The summed E-state index contributed by atoms with van der Waals surface area (Å²) in [7, 11) is 0. The Bertz CT molecular complexity index is 1050. The van der Waals surface area contributed by atoms with Crippen molar-refractivity contribution >= 4 is 29.7 Å². The number of thioether (sulfide) groups is 1. The maximum atomic E-state index is 12.3. The van der Waals surface area contributed by atoms with Crippen LogP contribution in [0.4, 0.5) is 0 Å². The molecule has 1 aliphatic rings. The zero-order valence-corrected chi connectivity index (χ0v) is 15.6. The maximum Gasteiger partial charge on any atom is 0.363 e. The van der Waals surface area contributed by atoms with Crippen LogP contribution >= 0.6 is 11.8 Å². The highest BCUT2D eigenvalue weighted by Crippen LogP contribution is 2.29. The highest BCUT2D eigenvalue weighted by Gasteiger charge is 2.30. The molecule has 1 aromatic heterocycles. The monoisotopic (exact) mass is 376 g/mol. The van der Waals surface area contributed by atoms with Crippen LogP contribution < -0.4 is 0 Å². The molecule has 0 bridgehead atoms. The van der Waals surface area contributed by atoms with Crippen molar-refractivity contribution < 1.29 is 14.1 Å². The number of rotatable bonds is 4. The summed E-state index contributed by atoms with van der Waals surface area (Å²) in [4.78, 5) is 17.9. The highest BCUT2D eigenvalue weighted by atomic mass is 32.2. The van der Waals surface area contributed by atoms with Crippen LogP contribution in [0.15, 0.2) is 74.7 Å². The van der Waals surface area contributed by atoms with Gasteiger partial charge in [-0.25, -0.2) is 9.79 Å². The molecule has 2 aromatic carbocycles. The molecule has 0 aliphatic carbocycles. The minimum atomic E-state index is -0.487. The molecule has 4 rings (SSSR count). The van der Waals surface area contributed by atoms with Gasteiger partial charge in [-0.1, -0.05) is 47.6 Å². The van der Waals surface area contributed by atoms with Crippen molar-refractivity contribution in [2.75, 3.05) is 6.26 Å². The maximum absolute atomic E-state index is 12.3. The van der Waals surface area contributed by atoms with Gasteiger partial charge in [-0.15, -0.1) is 11.8 Å². The number of esters is 1. The molecule has 0 amide bonds. The number of aryl methyl sites for hydroxylation is 1. The van der Waals surface area contributed by atoms with E-state index in [1.54, 1.807) is 24.8 Å². The lowest BCUT2D eigenvalue weighted by Gasteiger charge is -2.01. The fourth-order valence-electron chi connectivity index (χ4n) is 2.79. The summed E-state index contributed by atoms with van der Waals surface area (Å²) < 4.78 is 10.7. The third kappa shape index (κ3) is 3.44. The Kier molecular flexibility index (Phi) is 4.64. The fourth-order valence-corrected chi connectivity index (χ4v) is 3.20. The molecule has 0 fully saturated rings. The number of aromatic nitrogens is 1. The normalized spacial score (nSPS) is 15.1. The molecule has 3 aromatic rings. The molecule has 0 atom stereocenters. The first-order valence-electron chi connectivity index (χ1n) is 8.34. The molecule has 0 saturated heterocycles. The van der Waals surface area contributed by atoms with E-state index in [1.165, 1.54) is 0 Å². The molecule has 1 aliphatic heterocycles. The van der Waals surface area contributed by atoms with Crippen LogP contribution in [0.3, 0.4) is 0 Å². The molecule has 134 valence electrons. The van der Waals surface area contributed by atoms with Crippen LogP contribution in [0.5, 0.6) is 0 Å². The van der Waals surface area contributed by atoms with Crippen molar-refractivity contribution in [2.45, 2.75) is 11.8 Å². The van der Waals surface area contributed by atoms with Crippen LogP contribution in [0, 0.1) is 6.92 Å². The number of nitrogens with zero attached hydrogens (tertiary/aromatic N) is 2. The molecule has 5 nitrogen and oxygen atoms in total. The first kappa shape index (κ1) is 17.3. The third-order valence-electron chi connectivity index (χ3n) is 4.16. The molecule has 27 heavy (non-hydrogen) atoms. The van der Waals surface area contributed by atoms with E-state index < -0.39 is 5.97 Å². The van der Waals surface area contributed by atoms with Crippen molar-refractivity contribution in [3.8, 4) is 11.3 Å². The number of cyclic esters (lactones) is 1. The molecule has 6 heteroatoms. The predicted octanol–water partition coefficient (Wildman–Crippen LogP) is 4.72. The Hall–Kier alpha value is -3.12. The van der Waals surface area contributed by atoms with Gasteiger partial charge in [0.2, 0.25) is 5.90 Å². The van der Waals surface area contributed by atoms with Crippen LogP contribution in [0.25, 0.3) is 17.3 Å². The van der Waals surface area contributed by atoms with Gasteiger partial charge in [-0.2, -0.15) is 0 Å².